The van der Waals surface area contributed by atoms with Gasteiger partial charge >= 0.3 is 0 Å². The summed E-state index contributed by atoms with van der Waals surface area (Å²) in [5, 5.41) is 3.01. The largest absolute Gasteiger partial charge is 0.371 e. The Bertz CT molecular complexity index is 672. The smallest absolute Gasteiger partial charge is 0.251 e. The highest BCUT2D eigenvalue weighted by atomic mass is 127. The number of carbonyl (C=O) groups excluding carboxylic acids is 1. The van der Waals surface area contributed by atoms with Gasteiger partial charge < -0.3 is 10.2 Å². The van der Waals surface area contributed by atoms with E-state index in [0.717, 1.165) is 35.1 Å². The van der Waals surface area contributed by atoms with Crippen molar-refractivity contribution in [3.63, 3.8) is 0 Å². The zero-order valence-electron chi connectivity index (χ0n) is 12.4. The van der Waals surface area contributed by atoms with Gasteiger partial charge in [0.05, 0.1) is 0 Å². The van der Waals surface area contributed by atoms with E-state index in [-0.39, 0.29) is 5.91 Å². The lowest BCUT2D eigenvalue weighted by Crippen LogP contribution is -2.29. The Morgan fingerprint density at radius 2 is 2.05 bits per heavy atom. The van der Waals surface area contributed by atoms with Crippen molar-refractivity contribution in [2.75, 3.05) is 24.5 Å². The summed E-state index contributed by atoms with van der Waals surface area (Å²) in [5.41, 5.74) is 3.52. The molecule has 0 saturated carbocycles. The number of amides is 1. The minimum Gasteiger partial charge on any atom is -0.371 e. The third kappa shape index (κ3) is 3.61. The van der Waals surface area contributed by atoms with Crippen LogP contribution in [0.25, 0.3) is 0 Å². The van der Waals surface area contributed by atoms with Crippen LogP contribution in [0.5, 0.6) is 0 Å². The summed E-state index contributed by atoms with van der Waals surface area (Å²) in [6.45, 7) is 2.79. The molecule has 22 heavy (non-hydrogen) atoms. The molecule has 2 aromatic carbocycles. The Morgan fingerprint density at radius 1 is 1.18 bits per heavy atom. The molecule has 0 atom stereocenters. The highest BCUT2D eigenvalue weighted by Crippen LogP contribution is 2.27. The van der Waals surface area contributed by atoms with Gasteiger partial charge in [-0.25, -0.2) is 0 Å². The topological polar surface area (TPSA) is 32.3 Å². The monoisotopic (exact) mass is 406 g/mol. The van der Waals surface area contributed by atoms with Gasteiger partial charge in [0.25, 0.3) is 5.91 Å². The van der Waals surface area contributed by atoms with Gasteiger partial charge in [0.15, 0.2) is 0 Å². The predicted octanol–water partition coefficient (Wildman–Crippen LogP) is 3.47. The minimum atomic E-state index is 0.0142. The van der Waals surface area contributed by atoms with Gasteiger partial charge in [-0.3, -0.25) is 4.79 Å². The summed E-state index contributed by atoms with van der Waals surface area (Å²) in [7, 11) is 0. The van der Waals surface area contributed by atoms with Crippen LogP contribution in [-0.4, -0.2) is 25.5 Å². The zero-order chi connectivity index (χ0) is 15.4. The first kappa shape index (κ1) is 15.3. The van der Waals surface area contributed by atoms with Crippen LogP contribution in [0.15, 0.2) is 48.5 Å². The summed E-state index contributed by atoms with van der Waals surface area (Å²) >= 11 is 2.22. The van der Waals surface area contributed by atoms with Crippen LogP contribution in [0.3, 0.4) is 0 Å². The fraction of sp³-hybridized carbons (Fsp3) is 0.278. The number of carbonyl (C=O) groups is 1. The molecule has 1 N–H and O–H groups in total. The van der Waals surface area contributed by atoms with Crippen LogP contribution in [0.4, 0.5) is 5.69 Å². The molecule has 114 valence electrons. The molecule has 0 radical (unpaired) electrons. The quantitative estimate of drug-likeness (QED) is 0.609. The van der Waals surface area contributed by atoms with E-state index in [4.69, 9.17) is 0 Å². The third-order valence-electron chi connectivity index (χ3n) is 3.96. The van der Waals surface area contributed by atoms with Crippen molar-refractivity contribution >= 4 is 34.2 Å². The molecule has 1 aliphatic rings. The normalized spacial score (nSPS) is 13.0. The Hall–Kier alpha value is -1.56. The van der Waals surface area contributed by atoms with E-state index in [1.165, 1.54) is 11.3 Å². The number of halogens is 1. The molecular formula is C18H19IN2O. The van der Waals surface area contributed by atoms with Crippen molar-refractivity contribution in [3.05, 3.63) is 63.2 Å². The van der Waals surface area contributed by atoms with Crippen molar-refractivity contribution in [2.24, 2.45) is 0 Å². The van der Waals surface area contributed by atoms with E-state index in [9.17, 15) is 4.79 Å². The summed E-state index contributed by atoms with van der Waals surface area (Å²) in [4.78, 5) is 14.5. The fourth-order valence-corrected chi connectivity index (χ4v) is 3.39. The number of anilines is 1. The second-order valence-corrected chi connectivity index (χ2v) is 6.73. The number of nitrogens with zero attached hydrogens (tertiary/aromatic N) is 1. The molecule has 0 unspecified atom stereocenters. The first-order valence-electron chi connectivity index (χ1n) is 7.60. The van der Waals surface area contributed by atoms with Crippen LogP contribution in [0.2, 0.25) is 0 Å². The number of para-hydroxylation sites is 1. The number of hydrogen-bond acceptors (Lipinski definition) is 2. The molecule has 0 spiro atoms. The van der Waals surface area contributed by atoms with E-state index < -0.39 is 0 Å². The van der Waals surface area contributed by atoms with Crippen LogP contribution in [0, 0.1) is 3.57 Å². The first-order chi connectivity index (χ1) is 10.7. The lowest BCUT2D eigenvalue weighted by molar-refractivity contribution is 0.0953. The van der Waals surface area contributed by atoms with Crippen molar-refractivity contribution < 1.29 is 4.79 Å². The molecule has 3 nitrogen and oxygen atoms in total. The van der Waals surface area contributed by atoms with E-state index in [0.29, 0.717) is 6.54 Å². The Balaban J connectivity index is 1.46. The van der Waals surface area contributed by atoms with Gasteiger partial charge in [-0.1, -0.05) is 24.3 Å². The second kappa shape index (κ2) is 7.13. The average Bonchev–Trinajstić information content (AvgIpc) is 2.95. The van der Waals surface area contributed by atoms with Crippen LogP contribution >= 0.6 is 22.6 Å². The molecule has 0 saturated heterocycles. The summed E-state index contributed by atoms with van der Waals surface area (Å²) in [6, 6.07) is 16.3. The molecule has 1 heterocycles. The third-order valence-corrected chi connectivity index (χ3v) is 4.63. The van der Waals surface area contributed by atoms with E-state index in [2.05, 4.69) is 57.1 Å². The van der Waals surface area contributed by atoms with Gasteiger partial charge in [0.1, 0.15) is 0 Å². The average molecular weight is 406 g/mol. The molecule has 1 amide bonds. The van der Waals surface area contributed by atoms with Gasteiger partial charge in [0.2, 0.25) is 0 Å². The molecule has 0 bridgehead atoms. The SMILES string of the molecule is O=C(NCCCN1CCc2ccccc21)c1cccc(I)c1. The first-order valence-corrected chi connectivity index (χ1v) is 8.68. The molecule has 0 aromatic heterocycles. The van der Waals surface area contributed by atoms with Crippen LogP contribution in [-0.2, 0) is 6.42 Å². The van der Waals surface area contributed by atoms with Crippen molar-refractivity contribution in [3.8, 4) is 0 Å². The molecule has 0 aliphatic carbocycles. The zero-order valence-corrected chi connectivity index (χ0v) is 14.5. The number of nitrogens with one attached hydrogen (secondary N) is 1. The standard InChI is InChI=1S/C18H19IN2O/c19-16-7-3-6-15(13-16)18(22)20-10-4-11-21-12-9-14-5-1-2-8-17(14)21/h1-3,5-8,13H,4,9-12H2,(H,20,22). The van der Waals surface area contributed by atoms with E-state index in [1.807, 2.05) is 24.3 Å². The maximum absolute atomic E-state index is 12.1. The summed E-state index contributed by atoms with van der Waals surface area (Å²) < 4.78 is 1.08. The van der Waals surface area contributed by atoms with Crippen molar-refractivity contribution in [2.45, 2.75) is 12.8 Å². The van der Waals surface area contributed by atoms with E-state index in [1.54, 1.807) is 0 Å². The van der Waals surface area contributed by atoms with Crippen molar-refractivity contribution in [1.82, 2.24) is 5.32 Å². The molecule has 3 rings (SSSR count). The Kier molecular flexibility index (Phi) is 4.97. The Labute approximate surface area is 144 Å². The van der Waals surface area contributed by atoms with Gasteiger partial charge in [0, 0.05) is 34.5 Å². The lowest BCUT2D eigenvalue weighted by atomic mass is 10.2. The summed E-state index contributed by atoms with van der Waals surface area (Å²) in [6.07, 6.45) is 2.09. The highest BCUT2D eigenvalue weighted by molar-refractivity contribution is 14.1. The van der Waals surface area contributed by atoms with Crippen LogP contribution < -0.4 is 10.2 Å². The number of hydrogen-bond donors (Lipinski definition) is 1. The molecule has 1 aliphatic heterocycles. The van der Waals surface area contributed by atoms with Gasteiger partial charge in [-0.2, -0.15) is 0 Å². The maximum Gasteiger partial charge on any atom is 0.251 e. The van der Waals surface area contributed by atoms with E-state index >= 15 is 0 Å². The maximum atomic E-state index is 12.1. The summed E-state index contributed by atoms with van der Waals surface area (Å²) in [5.74, 6) is 0.0142. The number of fused-ring (bicyclic) bond motifs is 1. The molecule has 4 heteroatoms. The second-order valence-electron chi connectivity index (χ2n) is 5.49. The number of rotatable bonds is 5. The highest BCUT2D eigenvalue weighted by Gasteiger charge is 2.17. The molecule has 2 aromatic rings. The van der Waals surface area contributed by atoms with Crippen molar-refractivity contribution in [1.29, 1.82) is 0 Å². The minimum absolute atomic E-state index is 0.0142. The Morgan fingerprint density at radius 3 is 2.91 bits per heavy atom. The predicted molar refractivity (Wildman–Crippen MR) is 98.5 cm³/mol. The van der Waals surface area contributed by atoms with Crippen LogP contribution in [0.1, 0.15) is 22.3 Å². The fourth-order valence-electron chi connectivity index (χ4n) is 2.84. The lowest BCUT2D eigenvalue weighted by Gasteiger charge is -2.19. The number of benzene rings is 2. The van der Waals surface area contributed by atoms with Gasteiger partial charge in [-0.05, 0) is 65.3 Å². The molecule has 0 fully saturated rings. The van der Waals surface area contributed by atoms with Gasteiger partial charge in [-0.15, -0.1) is 0 Å². The molecular weight excluding hydrogens is 387 g/mol.